The number of rotatable bonds is 7. The maximum atomic E-state index is 6.74. The van der Waals surface area contributed by atoms with Gasteiger partial charge in [0.25, 0.3) is 0 Å². The first-order chi connectivity index (χ1) is 34.2. The van der Waals surface area contributed by atoms with E-state index in [2.05, 4.69) is 246 Å². The molecular formula is C64H40N4O. The SMILES string of the molecule is c1ccc(-c2cccc(-c3nc(-c4cccc(-c5ccccc5)c4)c4c(n3)oc3ccc(-n5c6ccccc6c6cc(-c7ccc8c(c7)c7ccccc7n8-c7ccccc7)ccc65)cc34)c2)cc1. The normalized spacial score (nSPS) is 11.8. The van der Waals surface area contributed by atoms with E-state index in [1.807, 2.05) is 6.07 Å². The molecule has 0 fully saturated rings. The summed E-state index contributed by atoms with van der Waals surface area (Å²) in [7, 11) is 0. The molecule has 322 valence electrons. The lowest BCUT2D eigenvalue weighted by Gasteiger charge is -2.11. The number of fused-ring (bicyclic) bond motifs is 9. The number of nitrogens with zero attached hydrogens (tertiary/aromatic N) is 4. The third kappa shape index (κ3) is 6.40. The Morgan fingerprint density at radius 2 is 0.768 bits per heavy atom. The highest BCUT2D eigenvalue weighted by Crippen LogP contribution is 2.42. The fourth-order valence-corrected chi connectivity index (χ4v) is 10.5. The molecule has 0 amide bonds. The predicted molar refractivity (Wildman–Crippen MR) is 285 cm³/mol. The van der Waals surface area contributed by atoms with Gasteiger partial charge in [0, 0.05) is 49.4 Å². The quantitative estimate of drug-likeness (QED) is 0.160. The van der Waals surface area contributed by atoms with E-state index in [1.165, 1.54) is 43.7 Å². The number of aromatic nitrogens is 4. The Balaban J connectivity index is 0.937. The van der Waals surface area contributed by atoms with Crippen LogP contribution in [0.25, 0.3) is 133 Å². The van der Waals surface area contributed by atoms with Crippen molar-refractivity contribution < 1.29 is 4.42 Å². The van der Waals surface area contributed by atoms with Crippen LogP contribution in [0.2, 0.25) is 0 Å². The summed E-state index contributed by atoms with van der Waals surface area (Å²) in [6.45, 7) is 0. The van der Waals surface area contributed by atoms with Gasteiger partial charge in [-0.15, -0.1) is 0 Å². The van der Waals surface area contributed by atoms with Crippen molar-refractivity contribution in [2.75, 3.05) is 0 Å². The summed E-state index contributed by atoms with van der Waals surface area (Å²) in [4.78, 5) is 10.6. The zero-order valence-electron chi connectivity index (χ0n) is 37.3. The van der Waals surface area contributed by atoms with E-state index in [-0.39, 0.29) is 0 Å². The van der Waals surface area contributed by atoms with Gasteiger partial charge >= 0.3 is 0 Å². The molecule has 0 spiro atoms. The fraction of sp³-hybridized carbons (Fsp3) is 0. The molecule has 4 aromatic heterocycles. The average molecular weight is 881 g/mol. The van der Waals surface area contributed by atoms with Crippen molar-refractivity contribution >= 4 is 65.7 Å². The molecule has 14 aromatic rings. The molecule has 5 nitrogen and oxygen atoms in total. The van der Waals surface area contributed by atoms with Crippen molar-refractivity contribution in [3.63, 3.8) is 0 Å². The van der Waals surface area contributed by atoms with Crippen LogP contribution in [0.1, 0.15) is 0 Å². The number of hydrogen-bond donors (Lipinski definition) is 0. The van der Waals surface area contributed by atoms with Crippen molar-refractivity contribution in [3.05, 3.63) is 243 Å². The lowest BCUT2D eigenvalue weighted by molar-refractivity contribution is 0.653. The van der Waals surface area contributed by atoms with E-state index in [0.717, 1.165) is 77.8 Å². The minimum Gasteiger partial charge on any atom is -0.438 e. The first kappa shape index (κ1) is 38.9. The fourth-order valence-electron chi connectivity index (χ4n) is 10.5. The van der Waals surface area contributed by atoms with Crippen LogP contribution in [0, 0.1) is 0 Å². The van der Waals surface area contributed by atoms with Crippen LogP contribution in [0.15, 0.2) is 247 Å². The molecule has 69 heavy (non-hydrogen) atoms. The first-order valence-electron chi connectivity index (χ1n) is 23.4. The molecule has 0 radical (unpaired) electrons. The van der Waals surface area contributed by atoms with Gasteiger partial charge in [-0.2, -0.15) is 4.98 Å². The second-order valence-corrected chi connectivity index (χ2v) is 17.8. The minimum atomic E-state index is 0.549. The third-order valence-corrected chi connectivity index (χ3v) is 13.7. The van der Waals surface area contributed by atoms with E-state index in [4.69, 9.17) is 14.4 Å². The highest BCUT2D eigenvalue weighted by Gasteiger charge is 2.22. The summed E-state index contributed by atoms with van der Waals surface area (Å²) < 4.78 is 11.5. The average Bonchev–Trinajstić information content (AvgIpc) is 4.08. The van der Waals surface area contributed by atoms with Gasteiger partial charge < -0.3 is 13.6 Å². The lowest BCUT2D eigenvalue weighted by atomic mass is 9.99. The van der Waals surface area contributed by atoms with E-state index in [1.54, 1.807) is 0 Å². The largest absolute Gasteiger partial charge is 0.438 e. The van der Waals surface area contributed by atoms with E-state index >= 15 is 0 Å². The molecule has 0 N–H and O–H groups in total. The molecule has 0 aliphatic rings. The molecule has 4 heterocycles. The molecular weight excluding hydrogens is 841 g/mol. The Morgan fingerprint density at radius 1 is 0.290 bits per heavy atom. The van der Waals surface area contributed by atoms with Crippen LogP contribution in [0.4, 0.5) is 0 Å². The van der Waals surface area contributed by atoms with Crippen LogP contribution >= 0.6 is 0 Å². The Morgan fingerprint density at radius 3 is 1.39 bits per heavy atom. The Hall–Kier alpha value is -9.32. The molecule has 10 aromatic carbocycles. The number of furan rings is 1. The van der Waals surface area contributed by atoms with Crippen LogP contribution in [-0.2, 0) is 0 Å². The first-order valence-corrected chi connectivity index (χ1v) is 23.4. The van der Waals surface area contributed by atoms with Crippen molar-refractivity contribution in [2.45, 2.75) is 0 Å². The standard InChI is InChI=1S/C64H40N4O/c1-4-16-41(17-5-1)43-20-14-22-47(36-43)62-61-55-40-50(32-35-60(55)69-64(61)66-63(65-62)48-23-15-21-44(37-48)42-18-6-2-7-19-42)68-57-29-13-11-27-52(57)54-39-46(31-34-59(54)68)45-30-33-58-53(38-45)51-26-10-12-28-56(51)67(58)49-24-8-3-9-25-49/h1-40H. The molecule has 5 heteroatoms. The van der Waals surface area contributed by atoms with E-state index in [9.17, 15) is 0 Å². The zero-order valence-corrected chi connectivity index (χ0v) is 37.3. The van der Waals surface area contributed by atoms with Gasteiger partial charge in [-0.3, -0.25) is 0 Å². The summed E-state index contributed by atoms with van der Waals surface area (Å²) in [5, 5.41) is 6.69. The molecule has 0 bridgehead atoms. The molecule has 0 aliphatic carbocycles. The molecule has 0 saturated carbocycles. The molecule has 0 atom stereocenters. The van der Waals surface area contributed by atoms with Gasteiger partial charge in [0.05, 0.1) is 33.1 Å². The molecule has 0 aliphatic heterocycles. The van der Waals surface area contributed by atoms with Gasteiger partial charge in [0.15, 0.2) is 5.82 Å². The smallest absolute Gasteiger partial charge is 0.231 e. The highest BCUT2D eigenvalue weighted by atomic mass is 16.3. The number of hydrogen-bond acceptors (Lipinski definition) is 3. The number of benzene rings is 10. The minimum absolute atomic E-state index is 0.549. The maximum absolute atomic E-state index is 6.74. The van der Waals surface area contributed by atoms with Gasteiger partial charge in [0.1, 0.15) is 5.58 Å². The van der Waals surface area contributed by atoms with Crippen molar-refractivity contribution in [1.29, 1.82) is 0 Å². The van der Waals surface area contributed by atoms with Crippen molar-refractivity contribution in [2.24, 2.45) is 0 Å². The predicted octanol–water partition coefficient (Wildman–Crippen LogP) is 16.9. The second kappa shape index (κ2) is 15.7. The Bertz CT molecular complexity index is 4300. The van der Waals surface area contributed by atoms with Crippen LogP contribution in [-0.4, -0.2) is 19.1 Å². The Labute approximate surface area is 397 Å². The summed E-state index contributed by atoms with van der Waals surface area (Å²) in [5.74, 6) is 0.610. The summed E-state index contributed by atoms with van der Waals surface area (Å²) in [6.07, 6.45) is 0. The number of para-hydroxylation sites is 3. The van der Waals surface area contributed by atoms with Gasteiger partial charge in [-0.25, -0.2) is 4.98 Å². The molecule has 0 unspecified atom stereocenters. The van der Waals surface area contributed by atoms with Crippen molar-refractivity contribution in [3.8, 4) is 67.4 Å². The van der Waals surface area contributed by atoms with Gasteiger partial charge in [-0.1, -0.05) is 164 Å². The van der Waals surface area contributed by atoms with E-state index < -0.39 is 0 Å². The van der Waals surface area contributed by atoms with Crippen molar-refractivity contribution in [1.82, 2.24) is 19.1 Å². The monoisotopic (exact) mass is 880 g/mol. The van der Waals surface area contributed by atoms with E-state index in [0.29, 0.717) is 11.5 Å². The van der Waals surface area contributed by atoms with Gasteiger partial charge in [-0.05, 0) is 112 Å². The van der Waals surface area contributed by atoms with Gasteiger partial charge in [0.2, 0.25) is 5.71 Å². The summed E-state index contributed by atoms with van der Waals surface area (Å²) in [5.41, 5.74) is 17.7. The van der Waals surface area contributed by atoms with Crippen LogP contribution < -0.4 is 0 Å². The van der Waals surface area contributed by atoms with Crippen LogP contribution in [0.5, 0.6) is 0 Å². The highest BCUT2D eigenvalue weighted by molar-refractivity contribution is 6.14. The van der Waals surface area contributed by atoms with Crippen LogP contribution in [0.3, 0.4) is 0 Å². The third-order valence-electron chi connectivity index (χ3n) is 13.7. The maximum Gasteiger partial charge on any atom is 0.231 e. The zero-order chi connectivity index (χ0) is 45.4. The topological polar surface area (TPSA) is 48.8 Å². The summed E-state index contributed by atoms with van der Waals surface area (Å²) in [6, 6.07) is 86.4. The summed E-state index contributed by atoms with van der Waals surface area (Å²) >= 11 is 0. The Kier molecular flexibility index (Phi) is 8.83. The molecule has 0 saturated heterocycles. The lowest BCUT2D eigenvalue weighted by Crippen LogP contribution is -1.95. The molecule has 14 rings (SSSR count). The second-order valence-electron chi connectivity index (χ2n) is 17.8.